The minimum absolute atomic E-state index is 0.118. The number of hydrogen-bond donors (Lipinski definition) is 1. The number of nitrogens with zero attached hydrogens (tertiary/aromatic N) is 3. The van der Waals surface area contributed by atoms with Gasteiger partial charge in [-0.05, 0) is 10.9 Å². The quantitative estimate of drug-likeness (QED) is 0.401. The normalized spacial score (nSPS) is 13.2. The molecule has 1 atom stereocenters. The third-order valence-corrected chi connectivity index (χ3v) is 1.56. The van der Waals surface area contributed by atoms with E-state index in [4.69, 9.17) is 10.6 Å². The Morgan fingerprint density at radius 3 is 2.42 bits per heavy atom. The molecule has 0 heterocycles. The zero-order chi connectivity index (χ0) is 9.78. The van der Waals surface area contributed by atoms with E-state index in [-0.39, 0.29) is 11.8 Å². The van der Waals surface area contributed by atoms with Gasteiger partial charge in [0, 0.05) is 4.91 Å². The highest BCUT2D eigenvalue weighted by atomic mass is 16.4. The fraction of sp³-hybridized carbons (Fsp3) is 0.857. The molecule has 68 valence electrons. The third kappa shape index (κ3) is 3.83. The Morgan fingerprint density at radius 2 is 2.17 bits per heavy atom. The van der Waals surface area contributed by atoms with E-state index in [1.807, 2.05) is 20.8 Å². The zero-order valence-corrected chi connectivity index (χ0v) is 7.48. The lowest BCUT2D eigenvalue weighted by atomic mass is 9.85. The fourth-order valence-electron chi connectivity index (χ4n) is 0.748. The van der Waals surface area contributed by atoms with Crippen LogP contribution in [0.4, 0.5) is 0 Å². The molecule has 12 heavy (non-hydrogen) atoms. The van der Waals surface area contributed by atoms with E-state index in [1.165, 1.54) is 0 Å². The van der Waals surface area contributed by atoms with Gasteiger partial charge in [-0.25, -0.2) is 0 Å². The van der Waals surface area contributed by atoms with Crippen LogP contribution in [-0.4, -0.2) is 17.1 Å². The summed E-state index contributed by atoms with van der Waals surface area (Å²) in [5, 5.41) is 11.9. The Morgan fingerprint density at radius 1 is 1.67 bits per heavy atom. The van der Waals surface area contributed by atoms with Gasteiger partial charge >= 0.3 is 5.97 Å². The van der Waals surface area contributed by atoms with Crippen LogP contribution in [0, 0.1) is 5.41 Å². The smallest absolute Gasteiger partial charge is 0.303 e. The minimum atomic E-state index is -0.942. The molecular formula is C7H13N3O2. The molecule has 1 N–H and O–H groups in total. The number of carbonyl (C=O) groups is 1. The molecule has 5 heteroatoms. The number of aliphatic carboxylic acids is 1. The summed E-state index contributed by atoms with van der Waals surface area (Å²) in [6, 6.07) is -0.486. The maximum Gasteiger partial charge on any atom is 0.303 e. The molecule has 0 radical (unpaired) electrons. The summed E-state index contributed by atoms with van der Waals surface area (Å²) in [7, 11) is 0. The van der Waals surface area contributed by atoms with Gasteiger partial charge in [0.2, 0.25) is 0 Å². The summed E-state index contributed by atoms with van der Waals surface area (Å²) in [5.41, 5.74) is 7.88. The average molecular weight is 171 g/mol. The van der Waals surface area contributed by atoms with Crippen molar-refractivity contribution in [1.29, 1.82) is 0 Å². The second-order valence-electron chi connectivity index (χ2n) is 3.68. The molecule has 1 unspecified atom stereocenters. The molecule has 5 nitrogen and oxygen atoms in total. The first-order valence-corrected chi connectivity index (χ1v) is 3.64. The van der Waals surface area contributed by atoms with Crippen molar-refractivity contribution in [3.63, 3.8) is 0 Å². The van der Waals surface area contributed by atoms with Crippen molar-refractivity contribution in [3.05, 3.63) is 10.4 Å². The largest absolute Gasteiger partial charge is 0.481 e. The Bertz CT molecular complexity index is 213. The van der Waals surface area contributed by atoms with Gasteiger partial charge in [-0.2, -0.15) is 0 Å². The Kier molecular flexibility index (Phi) is 3.57. The lowest BCUT2D eigenvalue weighted by molar-refractivity contribution is -0.138. The standard InChI is InChI=1S/C7H13N3O2/c1-7(2,3)5(9-10-8)4-6(11)12/h5H,4H2,1-3H3,(H,11,12). The highest BCUT2D eigenvalue weighted by molar-refractivity contribution is 5.67. The van der Waals surface area contributed by atoms with Crippen LogP contribution >= 0.6 is 0 Å². The molecule has 0 fully saturated rings. The van der Waals surface area contributed by atoms with E-state index in [0.717, 1.165) is 0 Å². The number of rotatable bonds is 3. The van der Waals surface area contributed by atoms with Crippen molar-refractivity contribution in [3.8, 4) is 0 Å². The lowest BCUT2D eigenvalue weighted by Gasteiger charge is -2.24. The predicted octanol–water partition coefficient (Wildman–Crippen LogP) is 2.19. The molecule has 0 spiro atoms. The molecule has 0 aliphatic heterocycles. The SMILES string of the molecule is CC(C)(C)C(CC(=O)O)N=[N+]=[N-]. The van der Waals surface area contributed by atoms with Gasteiger partial charge in [-0.1, -0.05) is 25.9 Å². The number of carboxylic acids is 1. The predicted molar refractivity (Wildman–Crippen MR) is 44.6 cm³/mol. The second kappa shape index (κ2) is 3.97. The van der Waals surface area contributed by atoms with Crippen LogP contribution in [0.1, 0.15) is 27.2 Å². The zero-order valence-electron chi connectivity index (χ0n) is 7.48. The molecule has 0 aromatic rings. The van der Waals surface area contributed by atoms with Gasteiger partial charge in [0.25, 0.3) is 0 Å². The Labute approximate surface area is 71.0 Å². The van der Waals surface area contributed by atoms with Gasteiger partial charge in [0.1, 0.15) is 0 Å². The number of hydrogen-bond acceptors (Lipinski definition) is 2. The van der Waals surface area contributed by atoms with E-state index in [9.17, 15) is 4.79 Å². The van der Waals surface area contributed by atoms with E-state index in [1.54, 1.807) is 0 Å². The minimum Gasteiger partial charge on any atom is -0.481 e. The topological polar surface area (TPSA) is 86.1 Å². The van der Waals surface area contributed by atoms with Gasteiger partial charge in [0.05, 0.1) is 12.5 Å². The third-order valence-electron chi connectivity index (χ3n) is 1.56. The van der Waals surface area contributed by atoms with E-state index in [2.05, 4.69) is 10.0 Å². The second-order valence-corrected chi connectivity index (χ2v) is 3.68. The summed E-state index contributed by atoms with van der Waals surface area (Å²) in [6.45, 7) is 5.53. The molecule has 0 aliphatic rings. The Hall–Kier alpha value is -1.22. The molecule has 0 saturated carbocycles. The van der Waals surface area contributed by atoms with Gasteiger partial charge in [0.15, 0.2) is 0 Å². The molecule has 0 bridgehead atoms. The van der Waals surface area contributed by atoms with Crippen LogP contribution in [0.25, 0.3) is 10.4 Å². The molecule has 0 saturated heterocycles. The summed E-state index contributed by atoms with van der Waals surface area (Å²) in [5.74, 6) is -0.942. The average Bonchev–Trinajstić information content (AvgIpc) is 1.83. The maximum atomic E-state index is 10.3. The highest BCUT2D eigenvalue weighted by Crippen LogP contribution is 2.24. The van der Waals surface area contributed by atoms with E-state index >= 15 is 0 Å². The number of carboxylic acid groups (broad SMARTS) is 1. The first-order chi connectivity index (χ1) is 5.38. The van der Waals surface area contributed by atoms with Crippen LogP contribution in [0.5, 0.6) is 0 Å². The van der Waals surface area contributed by atoms with Crippen molar-refractivity contribution in [1.82, 2.24) is 0 Å². The van der Waals surface area contributed by atoms with E-state index in [0.29, 0.717) is 0 Å². The molecule has 0 rings (SSSR count). The first-order valence-electron chi connectivity index (χ1n) is 3.64. The van der Waals surface area contributed by atoms with Crippen LogP contribution in [0.2, 0.25) is 0 Å². The van der Waals surface area contributed by atoms with Gasteiger partial charge in [-0.3, -0.25) is 4.79 Å². The summed E-state index contributed by atoms with van der Waals surface area (Å²) < 4.78 is 0. The fourth-order valence-corrected chi connectivity index (χ4v) is 0.748. The molecule has 0 amide bonds. The van der Waals surface area contributed by atoms with Crippen LogP contribution in [-0.2, 0) is 4.79 Å². The van der Waals surface area contributed by atoms with Crippen LogP contribution in [0.3, 0.4) is 0 Å². The summed E-state index contributed by atoms with van der Waals surface area (Å²) in [4.78, 5) is 13.0. The molecular weight excluding hydrogens is 158 g/mol. The van der Waals surface area contributed by atoms with Crippen LogP contribution in [0.15, 0.2) is 5.11 Å². The summed E-state index contributed by atoms with van der Waals surface area (Å²) in [6.07, 6.45) is -0.118. The van der Waals surface area contributed by atoms with Crippen molar-refractivity contribution in [2.45, 2.75) is 33.2 Å². The van der Waals surface area contributed by atoms with Gasteiger partial charge in [-0.15, -0.1) is 0 Å². The summed E-state index contributed by atoms with van der Waals surface area (Å²) >= 11 is 0. The van der Waals surface area contributed by atoms with Crippen molar-refractivity contribution in [2.24, 2.45) is 10.5 Å². The number of azide groups is 1. The molecule has 0 aromatic carbocycles. The van der Waals surface area contributed by atoms with E-state index < -0.39 is 12.0 Å². The molecule has 0 aromatic heterocycles. The van der Waals surface area contributed by atoms with Crippen molar-refractivity contribution < 1.29 is 9.90 Å². The first kappa shape index (κ1) is 10.8. The van der Waals surface area contributed by atoms with Crippen LogP contribution < -0.4 is 0 Å². The van der Waals surface area contributed by atoms with Crippen molar-refractivity contribution in [2.75, 3.05) is 0 Å². The van der Waals surface area contributed by atoms with Gasteiger partial charge < -0.3 is 5.11 Å². The van der Waals surface area contributed by atoms with Crippen molar-refractivity contribution >= 4 is 5.97 Å². The molecule has 0 aliphatic carbocycles. The maximum absolute atomic E-state index is 10.3. The lowest BCUT2D eigenvalue weighted by Crippen LogP contribution is -2.26. The monoisotopic (exact) mass is 171 g/mol. The highest BCUT2D eigenvalue weighted by Gasteiger charge is 2.25. The Balaban J connectivity index is 4.44.